The number of nitrogens with zero attached hydrogens (tertiary/aromatic N) is 3. The second-order valence-electron chi connectivity index (χ2n) is 6.63. The van der Waals surface area contributed by atoms with Gasteiger partial charge in [-0.05, 0) is 43.3 Å². The van der Waals surface area contributed by atoms with Crippen LogP contribution >= 0.6 is 23.1 Å². The maximum absolute atomic E-state index is 12.1. The lowest BCUT2D eigenvalue weighted by atomic mass is 10.2. The van der Waals surface area contributed by atoms with Gasteiger partial charge in [0.25, 0.3) is 0 Å². The highest BCUT2D eigenvalue weighted by Gasteiger charge is 2.14. The first-order valence-corrected chi connectivity index (χ1v) is 11.4. The fourth-order valence-electron chi connectivity index (χ4n) is 2.89. The summed E-state index contributed by atoms with van der Waals surface area (Å²) in [5.74, 6) is 0.982. The highest BCUT2D eigenvalue weighted by molar-refractivity contribution is 7.99. The molecule has 0 aliphatic heterocycles. The molecule has 0 spiro atoms. The number of carbonyl (C=O) groups excluding carboxylic acids is 1. The number of hydrogen-bond acceptors (Lipinski definition) is 7. The Bertz CT molecular complexity index is 1180. The number of carbonyl (C=O) groups is 1. The molecule has 0 aliphatic rings. The van der Waals surface area contributed by atoms with E-state index in [4.69, 9.17) is 9.72 Å². The molecule has 2 heterocycles. The van der Waals surface area contributed by atoms with E-state index >= 15 is 0 Å². The van der Waals surface area contributed by atoms with Crippen molar-refractivity contribution >= 4 is 34.7 Å². The quantitative estimate of drug-likeness (QED) is 0.386. The van der Waals surface area contributed by atoms with Gasteiger partial charge in [0.15, 0.2) is 0 Å². The maximum atomic E-state index is 12.1. The lowest BCUT2D eigenvalue weighted by Crippen LogP contribution is -2.13. The molecule has 156 valence electrons. The van der Waals surface area contributed by atoms with Crippen LogP contribution in [-0.4, -0.2) is 34.0 Å². The summed E-state index contributed by atoms with van der Waals surface area (Å²) in [5, 5.41) is 13.1. The number of hydrogen-bond donors (Lipinski definition) is 1. The number of benzene rings is 2. The van der Waals surface area contributed by atoms with Crippen molar-refractivity contribution in [3.63, 3.8) is 0 Å². The summed E-state index contributed by atoms with van der Waals surface area (Å²) >= 11 is 2.92. The summed E-state index contributed by atoms with van der Waals surface area (Å²) in [6.07, 6.45) is 0. The number of ether oxygens (including phenoxy) is 1. The van der Waals surface area contributed by atoms with Gasteiger partial charge in [0.05, 0.1) is 23.4 Å². The van der Waals surface area contributed by atoms with Crippen LogP contribution in [0.3, 0.4) is 0 Å². The molecule has 1 amide bonds. The van der Waals surface area contributed by atoms with Gasteiger partial charge < -0.3 is 10.1 Å². The van der Waals surface area contributed by atoms with Crippen LogP contribution in [-0.2, 0) is 4.79 Å². The Morgan fingerprint density at radius 3 is 2.65 bits per heavy atom. The van der Waals surface area contributed by atoms with Gasteiger partial charge >= 0.3 is 0 Å². The molecular formula is C23H20N4O2S2. The summed E-state index contributed by atoms with van der Waals surface area (Å²) in [7, 11) is 1.65. The predicted octanol–water partition coefficient (Wildman–Crippen LogP) is 5.31. The monoisotopic (exact) mass is 448 g/mol. The van der Waals surface area contributed by atoms with Crippen LogP contribution in [0.1, 0.15) is 5.69 Å². The molecule has 0 fully saturated rings. The molecule has 0 saturated heterocycles. The average Bonchev–Trinajstić information content (AvgIpc) is 3.20. The van der Waals surface area contributed by atoms with Gasteiger partial charge in [-0.1, -0.05) is 42.1 Å². The summed E-state index contributed by atoms with van der Waals surface area (Å²) in [6.45, 7) is 1.97. The number of thiazole rings is 1. The first-order chi connectivity index (χ1) is 15.1. The van der Waals surface area contributed by atoms with Gasteiger partial charge in [-0.25, -0.2) is 4.98 Å². The van der Waals surface area contributed by atoms with Crippen molar-refractivity contribution in [1.82, 2.24) is 15.2 Å². The van der Waals surface area contributed by atoms with Crippen molar-refractivity contribution in [2.24, 2.45) is 0 Å². The molecule has 2 aromatic heterocycles. The lowest BCUT2D eigenvalue weighted by molar-refractivity contribution is -0.113. The van der Waals surface area contributed by atoms with Gasteiger partial charge in [0.1, 0.15) is 21.5 Å². The molecule has 0 bridgehead atoms. The topological polar surface area (TPSA) is 77.0 Å². The van der Waals surface area contributed by atoms with Crippen molar-refractivity contribution in [2.75, 3.05) is 18.2 Å². The second kappa shape index (κ2) is 9.72. The fraction of sp³-hybridized carbons (Fsp3) is 0.130. The highest BCUT2D eigenvalue weighted by atomic mass is 32.2. The normalized spacial score (nSPS) is 10.6. The average molecular weight is 449 g/mol. The zero-order chi connectivity index (χ0) is 21.6. The van der Waals surface area contributed by atoms with Crippen molar-refractivity contribution in [3.05, 3.63) is 72.4 Å². The van der Waals surface area contributed by atoms with E-state index in [2.05, 4.69) is 15.5 Å². The summed E-state index contributed by atoms with van der Waals surface area (Å²) in [5.41, 5.74) is 3.45. The van der Waals surface area contributed by atoms with Gasteiger partial charge in [-0.2, -0.15) is 0 Å². The Hall–Kier alpha value is -3.23. The zero-order valence-corrected chi connectivity index (χ0v) is 18.7. The number of aromatic nitrogens is 3. The van der Waals surface area contributed by atoms with E-state index in [1.807, 2.05) is 73.7 Å². The third-order valence-corrected chi connectivity index (χ3v) is 6.54. The summed E-state index contributed by atoms with van der Waals surface area (Å²) in [6, 6.07) is 21.0. The lowest BCUT2D eigenvalue weighted by Gasteiger charge is -2.04. The minimum Gasteiger partial charge on any atom is -0.497 e. The summed E-state index contributed by atoms with van der Waals surface area (Å²) < 4.78 is 5.31. The third kappa shape index (κ3) is 5.28. The van der Waals surface area contributed by atoms with Gasteiger partial charge in [-0.15, -0.1) is 21.5 Å². The van der Waals surface area contributed by atoms with Crippen LogP contribution in [0.2, 0.25) is 0 Å². The van der Waals surface area contributed by atoms with E-state index < -0.39 is 0 Å². The molecule has 4 aromatic rings. The van der Waals surface area contributed by atoms with Crippen molar-refractivity contribution in [1.29, 1.82) is 0 Å². The Labute approximate surface area is 188 Å². The molecule has 4 rings (SSSR count). The fourth-order valence-corrected chi connectivity index (χ4v) is 4.53. The second-order valence-corrected chi connectivity index (χ2v) is 8.62. The first-order valence-electron chi connectivity index (χ1n) is 9.56. The number of thioether (sulfide) groups is 1. The predicted molar refractivity (Wildman–Crippen MR) is 126 cm³/mol. The Morgan fingerprint density at radius 2 is 1.90 bits per heavy atom. The molecule has 8 heteroatoms. The number of anilines is 1. The molecular weight excluding hydrogens is 428 g/mol. The van der Waals surface area contributed by atoms with E-state index in [0.717, 1.165) is 38.3 Å². The molecule has 1 N–H and O–H groups in total. The first kappa shape index (κ1) is 21.0. The number of methoxy groups -OCH3 is 1. The van der Waals surface area contributed by atoms with Crippen LogP contribution in [0, 0.1) is 6.92 Å². The third-order valence-electron chi connectivity index (χ3n) is 4.39. The maximum Gasteiger partial charge on any atom is 0.234 e. The minimum atomic E-state index is -0.0803. The van der Waals surface area contributed by atoms with Crippen LogP contribution in [0.4, 0.5) is 5.69 Å². The Kier molecular flexibility index (Phi) is 6.59. The van der Waals surface area contributed by atoms with Crippen LogP contribution in [0.25, 0.3) is 21.1 Å². The van der Waals surface area contributed by atoms with E-state index in [0.29, 0.717) is 5.03 Å². The molecule has 6 nitrogen and oxygen atoms in total. The molecule has 0 radical (unpaired) electrons. The molecule has 2 aromatic carbocycles. The van der Waals surface area contributed by atoms with Crippen LogP contribution < -0.4 is 10.1 Å². The van der Waals surface area contributed by atoms with E-state index in [1.165, 1.54) is 11.8 Å². The largest absolute Gasteiger partial charge is 0.497 e. The number of rotatable bonds is 7. The summed E-state index contributed by atoms with van der Waals surface area (Å²) in [4.78, 5) is 17.8. The standard InChI is InChI=1S/C23H20N4O2S2/c1-15-22(31-23(24-15)16-7-6-10-18(13-16)29-2)19-11-12-21(27-26-19)30-14-20(28)25-17-8-4-3-5-9-17/h3-13H,14H2,1-2H3,(H,25,28). The van der Waals surface area contributed by atoms with Crippen molar-refractivity contribution in [2.45, 2.75) is 11.9 Å². The molecule has 0 atom stereocenters. The van der Waals surface area contributed by atoms with Crippen LogP contribution in [0.15, 0.2) is 71.8 Å². The number of amides is 1. The molecule has 0 unspecified atom stereocenters. The number of nitrogens with one attached hydrogen (secondary N) is 1. The van der Waals surface area contributed by atoms with E-state index in [9.17, 15) is 4.79 Å². The number of para-hydroxylation sites is 1. The smallest absolute Gasteiger partial charge is 0.234 e. The van der Waals surface area contributed by atoms with E-state index in [-0.39, 0.29) is 11.7 Å². The molecule has 31 heavy (non-hydrogen) atoms. The van der Waals surface area contributed by atoms with Gasteiger partial charge in [0.2, 0.25) is 5.91 Å². The number of aryl methyl sites for hydroxylation is 1. The Morgan fingerprint density at radius 1 is 1.06 bits per heavy atom. The van der Waals surface area contributed by atoms with Crippen molar-refractivity contribution < 1.29 is 9.53 Å². The zero-order valence-electron chi connectivity index (χ0n) is 17.0. The molecule has 0 aliphatic carbocycles. The highest BCUT2D eigenvalue weighted by Crippen LogP contribution is 2.35. The van der Waals surface area contributed by atoms with Gasteiger partial charge in [-0.3, -0.25) is 4.79 Å². The molecule has 0 saturated carbocycles. The SMILES string of the molecule is COc1cccc(-c2nc(C)c(-c3ccc(SCC(=O)Nc4ccccc4)nn3)s2)c1. The Balaban J connectivity index is 1.42. The van der Waals surface area contributed by atoms with Gasteiger partial charge in [0, 0.05) is 11.3 Å². The van der Waals surface area contributed by atoms with E-state index in [1.54, 1.807) is 18.4 Å². The minimum absolute atomic E-state index is 0.0803. The van der Waals surface area contributed by atoms with Crippen molar-refractivity contribution in [3.8, 4) is 26.9 Å². The van der Waals surface area contributed by atoms with Crippen LogP contribution in [0.5, 0.6) is 5.75 Å².